The Hall–Kier alpha value is -1.76. The fourth-order valence-corrected chi connectivity index (χ4v) is 0.543. The maximum Gasteiger partial charge on any atom is 0.206 e. The quantitative estimate of drug-likeness (QED) is 0.405. The average Bonchev–Trinajstić information content (AvgIpc) is 1.95. The van der Waals surface area contributed by atoms with Gasteiger partial charge in [0, 0.05) is 12.4 Å². The van der Waals surface area contributed by atoms with Crippen molar-refractivity contribution in [3.8, 4) is 6.19 Å². The molecular weight excluding hydrogens is 130 g/mol. The van der Waals surface area contributed by atoms with Crippen LogP contribution in [-0.4, -0.2) is 9.94 Å². The molecule has 0 aliphatic rings. The Morgan fingerprint density at radius 3 is 2.60 bits per heavy atom. The van der Waals surface area contributed by atoms with Gasteiger partial charge in [0.25, 0.3) is 0 Å². The Kier molecular flexibility index (Phi) is 1.71. The smallest absolute Gasteiger partial charge is 0.206 e. The van der Waals surface area contributed by atoms with Crippen LogP contribution < -0.4 is 5.36 Å². The van der Waals surface area contributed by atoms with E-state index in [4.69, 9.17) is 10.5 Å². The molecule has 1 aromatic heterocycles. The van der Waals surface area contributed by atoms with Gasteiger partial charge >= 0.3 is 0 Å². The Labute approximate surface area is 57.3 Å². The van der Waals surface area contributed by atoms with Crippen LogP contribution in [0.25, 0.3) is 0 Å². The molecule has 0 aliphatic carbocycles. The van der Waals surface area contributed by atoms with E-state index in [2.05, 4.69) is 4.99 Å². The lowest BCUT2D eigenvalue weighted by Gasteiger charge is -1.90. The van der Waals surface area contributed by atoms with Crippen molar-refractivity contribution in [1.82, 2.24) is 4.73 Å². The number of pyridine rings is 1. The molecule has 4 nitrogen and oxygen atoms in total. The molecule has 1 aromatic rings. The van der Waals surface area contributed by atoms with Crippen molar-refractivity contribution in [3.05, 3.63) is 29.9 Å². The van der Waals surface area contributed by atoms with E-state index in [1.165, 1.54) is 24.5 Å². The second-order valence-corrected chi connectivity index (χ2v) is 1.65. The fraction of sp³-hybridized carbons (Fsp3) is 0. The van der Waals surface area contributed by atoms with Gasteiger partial charge in [0.15, 0.2) is 0 Å². The molecule has 0 unspecified atom stereocenters. The molecule has 0 spiro atoms. The monoisotopic (exact) mass is 135 g/mol. The van der Waals surface area contributed by atoms with Crippen LogP contribution >= 0.6 is 0 Å². The molecule has 0 saturated carbocycles. The van der Waals surface area contributed by atoms with Gasteiger partial charge in [-0.2, -0.15) is 10.3 Å². The van der Waals surface area contributed by atoms with Crippen LogP contribution in [0, 0.1) is 11.5 Å². The Balaban J connectivity index is 3.15. The number of rotatable bonds is 0. The molecule has 0 aromatic carbocycles. The van der Waals surface area contributed by atoms with Crippen molar-refractivity contribution in [3.63, 3.8) is 0 Å². The molecule has 1 N–H and O–H groups in total. The van der Waals surface area contributed by atoms with Crippen LogP contribution in [0.4, 0.5) is 0 Å². The summed E-state index contributed by atoms with van der Waals surface area (Å²) in [6.07, 6.45) is 4.44. The number of hydrogen-bond donors (Lipinski definition) is 1. The SMILES string of the molecule is N#CN=c1ccn(O)cc1. The van der Waals surface area contributed by atoms with Crippen LogP contribution in [0.2, 0.25) is 0 Å². The summed E-state index contributed by atoms with van der Waals surface area (Å²) in [5.74, 6) is 0. The highest BCUT2D eigenvalue weighted by Gasteiger charge is 1.79. The third-order valence-electron chi connectivity index (χ3n) is 0.975. The van der Waals surface area contributed by atoms with Crippen LogP contribution in [0.3, 0.4) is 0 Å². The molecule has 10 heavy (non-hydrogen) atoms. The zero-order valence-corrected chi connectivity index (χ0v) is 5.10. The van der Waals surface area contributed by atoms with E-state index in [0.29, 0.717) is 5.36 Å². The van der Waals surface area contributed by atoms with E-state index >= 15 is 0 Å². The molecule has 1 rings (SSSR count). The van der Waals surface area contributed by atoms with E-state index < -0.39 is 0 Å². The molecule has 0 fully saturated rings. The Morgan fingerprint density at radius 1 is 1.50 bits per heavy atom. The van der Waals surface area contributed by atoms with E-state index in [9.17, 15) is 0 Å². The normalized spacial score (nSPS) is 8.30. The van der Waals surface area contributed by atoms with Crippen LogP contribution in [0.1, 0.15) is 0 Å². The Bertz CT molecular complexity index is 300. The lowest BCUT2D eigenvalue weighted by molar-refractivity contribution is 0.184. The molecule has 0 saturated heterocycles. The molecule has 50 valence electrons. The summed E-state index contributed by atoms with van der Waals surface area (Å²) >= 11 is 0. The fourth-order valence-electron chi connectivity index (χ4n) is 0.543. The molecule has 0 radical (unpaired) electrons. The highest BCUT2D eigenvalue weighted by atomic mass is 16.5. The summed E-state index contributed by atoms with van der Waals surface area (Å²) in [7, 11) is 0. The van der Waals surface area contributed by atoms with Crippen molar-refractivity contribution < 1.29 is 5.21 Å². The third kappa shape index (κ3) is 1.36. The van der Waals surface area contributed by atoms with Crippen molar-refractivity contribution in [2.45, 2.75) is 0 Å². The van der Waals surface area contributed by atoms with Gasteiger partial charge in [0.05, 0.1) is 5.36 Å². The molecular formula is C6H5N3O. The first-order valence-corrected chi connectivity index (χ1v) is 2.63. The number of nitrogens with zero attached hydrogens (tertiary/aromatic N) is 3. The minimum Gasteiger partial charge on any atom is -0.429 e. The first-order valence-electron chi connectivity index (χ1n) is 2.63. The Morgan fingerprint density at radius 2 is 2.10 bits per heavy atom. The zero-order chi connectivity index (χ0) is 7.40. The molecule has 0 amide bonds. The van der Waals surface area contributed by atoms with Gasteiger partial charge < -0.3 is 5.21 Å². The summed E-state index contributed by atoms with van der Waals surface area (Å²) < 4.78 is 0.885. The zero-order valence-electron chi connectivity index (χ0n) is 5.10. The topological polar surface area (TPSA) is 61.3 Å². The van der Waals surface area contributed by atoms with E-state index in [1.54, 1.807) is 6.19 Å². The molecule has 0 bridgehead atoms. The van der Waals surface area contributed by atoms with Gasteiger partial charge in [0.2, 0.25) is 6.19 Å². The molecule has 0 aliphatic heterocycles. The first kappa shape index (κ1) is 6.36. The summed E-state index contributed by atoms with van der Waals surface area (Å²) in [5, 5.41) is 17.4. The highest BCUT2D eigenvalue weighted by Crippen LogP contribution is 1.74. The number of hydrogen-bond acceptors (Lipinski definition) is 3. The number of aromatic nitrogens is 1. The molecule has 0 atom stereocenters. The second-order valence-electron chi connectivity index (χ2n) is 1.65. The lowest BCUT2D eigenvalue weighted by Crippen LogP contribution is -2.01. The van der Waals surface area contributed by atoms with Gasteiger partial charge in [0.1, 0.15) is 0 Å². The van der Waals surface area contributed by atoms with E-state index in [-0.39, 0.29) is 0 Å². The predicted octanol–water partition coefficient (Wildman–Crippen LogP) is 0.107. The van der Waals surface area contributed by atoms with Gasteiger partial charge in [-0.05, 0) is 12.1 Å². The minimum absolute atomic E-state index is 0.535. The maximum absolute atomic E-state index is 8.72. The van der Waals surface area contributed by atoms with Gasteiger partial charge in [-0.1, -0.05) is 0 Å². The average molecular weight is 135 g/mol. The van der Waals surface area contributed by atoms with E-state index in [0.717, 1.165) is 4.73 Å². The lowest BCUT2D eigenvalue weighted by atomic mass is 10.5. The van der Waals surface area contributed by atoms with Crippen LogP contribution in [-0.2, 0) is 0 Å². The van der Waals surface area contributed by atoms with Crippen LogP contribution in [0.15, 0.2) is 29.5 Å². The van der Waals surface area contributed by atoms with Crippen molar-refractivity contribution in [2.75, 3.05) is 0 Å². The summed E-state index contributed by atoms with van der Waals surface area (Å²) in [4.78, 5) is 3.43. The largest absolute Gasteiger partial charge is 0.429 e. The van der Waals surface area contributed by atoms with Gasteiger partial charge in [-0.3, -0.25) is 0 Å². The highest BCUT2D eigenvalue weighted by molar-refractivity contribution is 4.93. The summed E-state index contributed by atoms with van der Waals surface area (Å²) in [6.45, 7) is 0. The molecule has 1 heterocycles. The van der Waals surface area contributed by atoms with Gasteiger partial charge in [-0.25, -0.2) is 4.73 Å². The maximum atomic E-state index is 8.72. The molecule has 4 heteroatoms. The summed E-state index contributed by atoms with van der Waals surface area (Å²) in [6, 6.07) is 3.06. The standard InChI is InChI=1S/C6H5N3O/c7-5-8-6-1-3-9(10)4-2-6/h1-4,10H. The van der Waals surface area contributed by atoms with Crippen molar-refractivity contribution in [1.29, 1.82) is 5.26 Å². The minimum atomic E-state index is 0.535. The third-order valence-corrected chi connectivity index (χ3v) is 0.975. The van der Waals surface area contributed by atoms with Gasteiger partial charge in [-0.15, -0.1) is 0 Å². The predicted molar refractivity (Wildman–Crippen MR) is 32.8 cm³/mol. The summed E-state index contributed by atoms with van der Waals surface area (Å²) in [5.41, 5.74) is 0. The van der Waals surface area contributed by atoms with Crippen molar-refractivity contribution >= 4 is 0 Å². The second kappa shape index (κ2) is 2.69. The van der Waals surface area contributed by atoms with Crippen LogP contribution in [0.5, 0.6) is 0 Å². The van der Waals surface area contributed by atoms with Crippen molar-refractivity contribution in [2.24, 2.45) is 4.99 Å². The first-order chi connectivity index (χ1) is 4.83. The number of nitriles is 1. The van der Waals surface area contributed by atoms with E-state index in [1.807, 2.05) is 0 Å².